The Labute approximate surface area is 88.5 Å². The lowest BCUT2D eigenvalue weighted by Crippen LogP contribution is -2.07. The summed E-state index contributed by atoms with van der Waals surface area (Å²) in [5.74, 6) is -3.23. The van der Waals surface area contributed by atoms with Gasteiger partial charge in [0.05, 0.1) is 4.92 Å². The van der Waals surface area contributed by atoms with Crippen molar-refractivity contribution in [2.24, 2.45) is 0 Å². The molecule has 0 aromatic heterocycles. The topological polar surface area (TPSA) is 97.5 Å². The van der Waals surface area contributed by atoms with E-state index in [9.17, 15) is 24.1 Å². The summed E-state index contributed by atoms with van der Waals surface area (Å²) < 4.78 is 12.9. The van der Waals surface area contributed by atoms with Crippen molar-refractivity contribution >= 4 is 17.4 Å². The maximum Gasteiger partial charge on any atom is 0.311 e. The number of halogens is 1. The summed E-state index contributed by atoms with van der Waals surface area (Å²) in [4.78, 5) is 30.8. The van der Waals surface area contributed by atoms with Crippen LogP contribution in [0.5, 0.6) is 0 Å². The second-order valence-electron chi connectivity index (χ2n) is 2.92. The van der Waals surface area contributed by atoms with Gasteiger partial charge in [-0.05, 0) is 12.1 Å². The Morgan fingerprint density at radius 2 is 2.06 bits per heavy atom. The zero-order valence-corrected chi connectivity index (χ0v) is 7.84. The number of nitro groups is 1. The second kappa shape index (κ2) is 4.47. The third-order valence-corrected chi connectivity index (χ3v) is 1.78. The van der Waals surface area contributed by atoms with Gasteiger partial charge in [-0.15, -0.1) is 0 Å². The van der Waals surface area contributed by atoms with Gasteiger partial charge in [0.15, 0.2) is 5.78 Å². The van der Waals surface area contributed by atoms with Gasteiger partial charge in [0.1, 0.15) is 6.42 Å². The van der Waals surface area contributed by atoms with Crippen molar-refractivity contribution in [1.29, 1.82) is 0 Å². The van der Waals surface area contributed by atoms with Gasteiger partial charge >= 0.3 is 11.7 Å². The van der Waals surface area contributed by atoms with Gasteiger partial charge in [0.25, 0.3) is 0 Å². The molecule has 0 radical (unpaired) electrons. The fourth-order valence-corrected chi connectivity index (χ4v) is 1.07. The lowest BCUT2D eigenvalue weighted by Gasteiger charge is -1.99. The van der Waals surface area contributed by atoms with Crippen molar-refractivity contribution in [2.75, 3.05) is 0 Å². The van der Waals surface area contributed by atoms with E-state index in [1.165, 1.54) is 0 Å². The van der Waals surface area contributed by atoms with E-state index in [1.54, 1.807) is 0 Å². The zero-order valence-electron chi connectivity index (χ0n) is 7.84. The monoisotopic (exact) mass is 227 g/mol. The van der Waals surface area contributed by atoms with Crippen LogP contribution in [0.3, 0.4) is 0 Å². The lowest BCUT2D eigenvalue weighted by molar-refractivity contribution is -0.387. The molecule has 0 spiro atoms. The van der Waals surface area contributed by atoms with E-state index in [0.29, 0.717) is 0 Å². The van der Waals surface area contributed by atoms with Crippen molar-refractivity contribution in [1.82, 2.24) is 0 Å². The Morgan fingerprint density at radius 1 is 1.44 bits per heavy atom. The molecule has 0 aliphatic rings. The number of nitrogens with zero attached hydrogens (tertiary/aromatic N) is 1. The van der Waals surface area contributed by atoms with Crippen molar-refractivity contribution in [3.05, 3.63) is 39.7 Å². The molecule has 7 heteroatoms. The molecular formula is C9H6FNO5. The molecule has 0 bridgehead atoms. The van der Waals surface area contributed by atoms with Crippen LogP contribution in [-0.2, 0) is 4.79 Å². The molecule has 1 rings (SSSR count). The quantitative estimate of drug-likeness (QED) is 0.362. The fourth-order valence-electron chi connectivity index (χ4n) is 1.07. The molecule has 0 aliphatic heterocycles. The molecule has 1 N–H and O–H groups in total. The summed E-state index contributed by atoms with van der Waals surface area (Å²) in [6.07, 6.45) is -0.789. The highest BCUT2D eigenvalue weighted by Gasteiger charge is 2.18. The highest BCUT2D eigenvalue weighted by molar-refractivity contribution is 6.05. The first-order chi connectivity index (χ1) is 7.41. The maximum absolute atomic E-state index is 12.9. The molecule has 1 aromatic rings. The molecule has 16 heavy (non-hydrogen) atoms. The Balaban J connectivity index is 3.08. The highest BCUT2D eigenvalue weighted by atomic mass is 19.1. The molecule has 0 atom stereocenters. The Morgan fingerprint density at radius 3 is 2.56 bits per heavy atom. The van der Waals surface area contributed by atoms with E-state index < -0.39 is 34.6 Å². The molecule has 0 aliphatic carbocycles. The predicted molar refractivity (Wildman–Crippen MR) is 49.6 cm³/mol. The van der Waals surface area contributed by atoms with Gasteiger partial charge < -0.3 is 5.11 Å². The van der Waals surface area contributed by atoms with Gasteiger partial charge in [-0.25, -0.2) is 0 Å². The number of carboxylic acids is 1. The summed E-state index contributed by atoms with van der Waals surface area (Å²) in [5.41, 5.74) is -1.05. The minimum absolute atomic E-state index is 0.199. The number of carbonyl (C=O) groups excluding carboxylic acids is 1. The van der Waals surface area contributed by atoms with E-state index >= 15 is 0 Å². The molecule has 0 heterocycles. The van der Waals surface area contributed by atoms with Crippen LogP contribution >= 0.6 is 0 Å². The van der Waals surface area contributed by atoms with Crippen LogP contribution in [0.1, 0.15) is 16.8 Å². The number of benzene rings is 1. The van der Waals surface area contributed by atoms with Crippen molar-refractivity contribution in [3.63, 3.8) is 0 Å². The molecule has 0 fully saturated rings. The Kier molecular flexibility index (Phi) is 3.29. The molecule has 0 unspecified atom stereocenters. The summed E-state index contributed by atoms with van der Waals surface area (Å²) in [6.45, 7) is 0. The molecule has 0 saturated heterocycles. The molecule has 1 aromatic carbocycles. The van der Waals surface area contributed by atoms with Gasteiger partial charge in [0.2, 0.25) is 5.82 Å². The number of rotatable bonds is 4. The van der Waals surface area contributed by atoms with Gasteiger partial charge in [-0.2, -0.15) is 4.39 Å². The number of ketones is 1. The van der Waals surface area contributed by atoms with Crippen LogP contribution in [-0.4, -0.2) is 21.8 Å². The van der Waals surface area contributed by atoms with E-state index in [-0.39, 0.29) is 5.56 Å². The normalized spacial score (nSPS) is 9.81. The van der Waals surface area contributed by atoms with Crippen molar-refractivity contribution in [2.45, 2.75) is 6.42 Å². The molecule has 0 amide bonds. The van der Waals surface area contributed by atoms with Crippen LogP contribution in [0.25, 0.3) is 0 Å². The Hall–Kier alpha value is -2.31. The second-order valence-corrected chi connectivity index (χ2v) is 2.92. The third-order valence-electron chi connectivity index (χ3n) is 1.78. The van der Waals surface area contributed by atoms with E-state index in [1.807, 2.05) is 0 Å². The van der Waals surface area contributed by atoms with Crippen LogP contribution in [0.2, 0.25) is 0 Å². The van der Waals surface area contributed by atoms with Crippen LogP contribution in [0.4, 0.5) is 10.1 Å². The van der Waals surface area contributed by atoms with Gasteiger partial charge in [0, 0.05) is 11.6 Å². The average molecular weight is 227 g/mol. The number of aliphatic carboxylic acids is 1. The largest absolute Gasteiger partial charge is 0.481 e. The van der Waals surface area contributed by atoms with Crippen LogP contribution in [0, 0.1) is 15.9 Å². The SMILES string of the molecule is O=C(O)CC(=O)c1ccc(F)c([N+](=O)[O-])c1. The molecule has 6 nitrogen and oxygen atoms in total. The van der Waals surface area contributed by atoms with Gasteiger partial charge in [-0.3, -0.25) is 19.7 Å². The minimum atomic E-state index is -1.35. The van der Waals surface area contributed by atoms with E-state index in [4.69, 9.17) is 5.11 Å². The molecular weight excluding hydrogens is 221 g/mol. The number of hydrogen-bond donors (Lipinski definition) is 1. The number of hydrogen-bond acceptors (Lipinski definition) is 4. The van der Waals surface area contributed by atoms with Crippen LogP contribution in [0.15, 0.2) is 18.2 Å². The smallest absolute Gasteiger partial charge is 0.311 e. The first-order valence-electron chi connectivity index (χ1n) is 4.10. The fraction of sp³-hybridized carbons (Fsp3) is 0.111. The average Bonchev–Trinajstić information content (AvgIpc) is 2.16. The summed E-state index contributed by atoms with van der Waals surface area (Å²) in [7, 11) is 0. The summed E-state index contributed by atoms with van der Waals surface area (Å²) >= 11 is 0. The third kappa shape index (κ3) is 2.59. The Bertz CT molecular complexity index is 471. The maximum atomic E-state index is 12.9. The summed E-state index contributed by atoms with van der Waals surface area (Å²) in [5, 5.41) is 18.7. The standard InChI is InChI=1S/C9H6FNO5/c10-6-2-1-5(3-7(6)11(15)16)8(12)4-9(13)14/h1-3H,4H2,(H,13,14). The minimum Gasteiger partial charge on any atom is -0.481 e. The molecule has 84 valence electrons. The zero-order chi connectivity index (χ0) is 12.3. The van der Waals surface area contributed by atoms with Crippen LogP contribution < -0.4 is 0 Å². The number of carbonyl (C=O) groups is 2. The highest BCUT2D eigenvalue weighted by Crippen LogP contribution is 2.19. The summed E-state index contributed by atoms with van der Waals surface area (Å²) in [6, 6.07) is 2.49. The van der Waals surface area contributed by atoms with E-state index in [2.05, 4.69) is 0 Å². The first-order valence-corrected chi connectivity index (χ1v) is 4.10. The number of carboxylic acid groups (broad SMARTS) is 1. The van der Waals surface area contributed by atoms with Crippen molar-refractivity contribution in [3.8, 4) is 0 Å². The number of nitro benzene ring substituents is 1. The van der Waals surface area contributed by atoms with E-state index in [0.717, 1.165) is 18.2 Å². The molecule has 0 saturated carbocycles. The number of Topliss-reactive ketones (excluding diaryl/α,β-unsaturated/α-hetero) is 1. The van der Waals surface area contributed by atoms with Gasteiger partial charge in [-0.1, -0.05) is 0 Å². The lowest BCUT2D eigenvalue weighted by atomic mass is 10.1. The predicted octanol–water partition coefficient (Wildman–Crippen LogP) is 1.39. The van der Waals surface area contributed by atoms with Crippen molar-refractivity contribution < 1.29 is 24.0 Å². The first kappa shape index (κ1) is 11.8.